The van der Waals surface area contributed by atoms with Gasteiger partial charge in [-0.15, -0.1) is 0 Å². The topological polar surface area (TPSA) is 38.3 Å². The lowest BCUT2D eigenvalue weighted by molar-refractivity contribution is -0.116. The van der Waals surface area contributed by atoms with Crippen molar-refractivity contribution in [3.8, 4) is 5.75 Å². The number of carbonyl (C=O) groups excluding carboxylic acids is 1. The summed E-state index contributed by atoms with van der Waals surface area (Å²) in [5.41, 5.74) is 0.816. The lowest BCUT2D eigenvalue weighted by atomic mass is 10.1. The van der Waals surface area contributed by atoms with Crippen LogP contribution in [0, 0.1) is 0 Å². The Morgan fingerprint density at radius 1 is 0.923 bits per heavy atom. The number of benzene rings is 1. The molecule has 0 saturated carbocycles. The lowest BCUT2D eigenvalue weighted by Gasteiger charge is -2.11. The van der Waals surface area contributed by atoms with Crippen molar-refractivity contribution >= 4 is 11.6 Å². The molecule has 0 aromatic heterocycles. The molecule has 1 amide bonds. The summed E-state index contributed by atoms with van der Waals surface area (Å²) in [6.07, 6.45) is 15.1. The summed E-state index contributed by atoms with van der Waals surface area (Å²) >= 11 is 0. The first kappa shape index (κ1) is 22.5. The third-order valence-corrected chi connectivity index (χ3v) is 4.50. The molecule has 1 aromatic carbocycles. The second-order valence-corrected chi connectivity index (χ2v) is 7.53. The average molecular weight is 362 g/mol. The first-order chi connectivity index (χ1) is 12.6. The maximum Gasteiger partial charge on any atom is 0.224 e. The average Bonchev–Trinajstić information content (AvgIpc) is 2.59. The Morgan fingerprint density at radius 2 is 1.50 bits per heavy atom. The molecule has 0 aliphatic carbocycles. The van der Waals surface area contributed by atoms with Crippen molar-refractivity contribution in [3.63, 3.8) is 0 Å². The molecule has 3 nitrogen and oxygen atoms in total. The summed E-state index contributed by atoms with van der Waals surface area (Å²) in [6, 6.07) is 7.62. The van der Waals surface area contributed by atoms with E-state index in [0.717, 1.165) is 24.3 Å². The van der Waals surface area contributed by atoms with E-state index in [1.807, 2.05) is 38.1 Å². The molecule has 26 heavy (non-hydrogen) atoms. The zero-order valence-electron chi connectivity index (χ0n) is 17.2. The summed E-state index contributed by atoms with van der Waals surface area (Å²) in [4.78, 5) is 12.1. The van der Waals surface area contributed by atoms with Gasteiger partial charge in [-0.3, -0.25) is 4.79 Å². The van der Waals surface area contributed by atoms with Gasteiger partial charge in [0.05, 0.1) is 6.10 Å². The van der Waals surface area contributed by atoms with Crippen molar-refractivity contribution in [2.24, 2.45) is 0 Å². The Morgan fingerprint density at radius 3 is 2.08 bits per heavy atom. The molecule has 0 atom stereocenters. The van der Waals surface area contributed by atoms with Gasteiger partial charge in [-0.1, -0.05) is 77.2 Å². The normalized spacial score (nSPS) is 10.9. The Bertz CT molecular complexity index is 485. The first-order valence-corrected chi connectivity index (χ1v) is 10.7. The Labute approximate surface area is 160 Å². The van der Waals surface area contributed by atoms with Crippen molar-refractivity contribution in [1.82, 2.24) is 0 Å². The summed E-state index contributed by atoms with van der Waals surface area (Å²) in [5, 5.41) is 2.97. The zero-order valence-corrected chi connectivity index (χ0v) is 17.2. The molecule has 0 unspecified atom stereocenters. The van der Waals surface area contributed by atoms with E-state index in [-0.39, 0.29) is 12.0 Å². The summed E-state index contributed by atoms with van der Waals surface area (Å²) in [5.74, 6) is 0.898. The van der Waals surface area contributed by atoms with Crippen molar-refractivity contribution in [2.45, 2.75) is 104 Å². The van der Waals surface area contributed by atoms with Gasteiger partial charge in [-0.2, -0.15) is 0 Å². The largest absolute Gasteiger partial charge is 0.491 e. The molecule has 0 aliphatic rings. The molecular weight excluding hydrogens is 322 g/mol. The molecule has 1 N–H and O–H groups in total. The molecule has 0 aliphatic heterocycles. The van der Waals surface area contributed by atoms with Gasteiger partial charge in [0.1, 0.15) is 5.75 Å². The molecule has 1 aromatic rings. The van der Waals surface area contributed by atoms with Gasteiger partial charge >= 0.3 is 0 Å². The number of hydrogen-bond donors (Lipinski definition) is 1. The molecule has 0 radical (unpaired) electrons. The highest BCUT2D eigenvalue weighted by Crippen LogP contribution is 2.19. The minimum atomic E-state index is 0.0996. The fourth-order valence-corrected chi connectivity index (χ4v) is 3.09. The van der Waals surface area contributed by atoms with Crippen molar-refractivity contribution < 1.29 is 9.53 Å². The van der Waals surface area contributed by atoms with Gasteiger partial charge in [0.25, 0.3) is 0 Å². The van der Waals surface area contributed by atoms with Crippen LogP contribution in [0.15, 0.2) is 24.3 Å². The number of carbonyl (C=O) groups is 1. The van der Waals surface area contributed by atoms with Crippen molar-refractivity contribution in [1.29, 1.82) is 0 Å². The molecule has 0 heterocycles. The lowest BCUT2D eigenvalue weighted by Crippen LogP contribution is -2.11. The third kappa shape index (κ3) is 11.9. The highest BCUT2D eigenvalue weighted by Gasteiger charge is 2.04. The van der Waals surface area contributed by atoms with Gasteiger partial charge in [0, 0.05) is 18.2 Å². The highest BCUT2D eigenvalue weighted by atomic mass is 16.5. The number of rotatable bonds is 15. The number of hydrogen-bond acceptors (Lipinski definition) is 2. The smallest absolute Gasteiger partial charge is 0.224 e. The van der Waals surface area contributed by atoms with E-state index in [0.29, 0.717) is 6.42 Å². The summed E-state index contributed by atoms with van der Waals surface area (Å²) < 4.78 is 5.66. The van der Waals surface area contributed by atoms with E-state index in [9.17, 15) is 4.79 Å². The fourth-order valence-electron chi connectivity index (χ4n) is 3.09. The summed E-state index contributed by atoms with van der Waals surface area (Å²) in [7, 11) is 0. The molecule has 0 fully saturated rings. The van der Waals surface area contributed by atoms with Crippen molar-refractivity contribution in [2.75, 3.05) is 5.32 Å². The van der Waals surface area contributed by atoms with E-state index in [1.54, 1.807) is 0 Å². The molecule has 1 rings (SSSR count). The van der Waals surface area contributed by atoms with E-state index in [1.165, 1.54) is 57.8 Å². The highest BCUT2D eigenvalue weighted by molar-refractivity contribution is 5.90. The van der Waals surface area contributed by atoms with E-state index in [2.05, 4.69) is 12.2 Å². The van der Waals surface area contributed by atoms with Crippen LogP contribution in [0.2, 0.25) is 0 Å². The minimum Gasteiger partial charge on any atom is -0.491 e. The second-order valence-electron chi connectivity index (χ2n) is 7.53. The van der Waals surface area contributed by atoms with Crippen LogP contribution in [0.3, 0.4) is 0 Å². The quantitative estimate of drug-likeness (QED) is 0.338. The molecule has 148 valence electrons. The molecular formula is C23H39NO2. The number of amides is 1. The first-order valence-electron chi connectivity index (χ1n) is 10.7. The van der Waals surface area contributed by atoms with Crippen LogP contribution < -0.4 is 10.1 Å². The molecule has 3 heteroatoms. The van der Waals surface area contributed by atoms with Crippen LogP contribution in [0.4, 0.5) is 5.69 Å². The molecule has 0 saturated heterocycles. The third-order valence-electron chi connectivity index (χ3n) is 4.50. The molecule has 0 bridgehead atoms. The monoisotopic (exact) mass is 361 g/mol. The van der Waals surface area contributed by atoms with Crippen LogP contribution in [-0.4, -0.2) is 12.0 Å². The van der Waals surface area contributed by atoms with E-state index in [4.69, 9.17) is 4.74 Å². The van der Waals surface area contributed by atoms with Gasteiger partial charge in [-0.25, -0.2) is 0 Å². The van der Waals surface area contributed by atoms with Gasteiger partial charge in [-0.05, 0) is 32.4 Å². The number of unbranched alkanes of at least 4 members (excludes halogenated alkanes) is 10. The van der Waals surface area contributed by atoms with Crippen LogP contribution >= 0.6 is 0 Å². The Kier molecular flexibility index (Phi) is 12.7. The summed E-state index contributed by atoms with van der Waals surface area (Å²) in [6.45, 7) is 6.26. The van der Waals surface area contributed by atoms with Crippen LogP contribution in [-0.2, 0) is 4.79 Å². The maximum absolute atomic E-state index is 12.1. The molecule has 0 spiro atoms. The predicted octanol–water partition coefficient (Wildman–Crippen LogP) is 7.11. The van der Waals surface area contributed by atoms with Gasteiger partial charge in [0.15, 0.2) is 0 Å². The SMILES string of the molecule is CCCCCCCCCCCCCC(=O)Nc1cccc(OC(C)C)c1. The Balaban J connectivity index is 2.03. The second kappa shape index (κ2) is 14.6. The predicted molar refractivity (Wildman–Crippen MR) is 112 cm³/mol. The van der Waals surface area contributed by atoms with Crippen molar-refractivity contribution in [3.05, 3.63) is 24.3 Å². The van der Waals surface area contributed by atoms with Crippen LogP contribution in [0.25, 0.3) is 0 Å². The number of ether oxygens (including phenoxy) is 1. The van der Waals surface area contributed by atoms with Crippen LogP contribution in [0.1, 0.15) is 97.8 Å². The standard InChI is InChI=1S/C23H39NO2/c1-4-5-6-7-8-9-10-11-12-13-14-18-23(25)24-21-16-15-17-22(19-21)26-20(2)3/h15-17,19-20H,4-14,18H2,1-3H3,(H,24,25). The van der Waals surface area contributed by atoms with Crippen LogP contribution in [0.5, 0.6) is 5.75 Å². The number of nitrogens with one attached hydrogen (secondary N) is 1. The zero-order chi connectivity index (χ0) is 19.0. The minimum absolute atomic E-state index is 0.0996. The van der Waals surface area contributed by atoms with E-state index >= 15 is 0 Å². The van der Waals surface area contributed by atoms with Gasteiger partial charge in [0.2, 0.25) is 5.91 Å². The van der Waals surface area contributed by atoms with Gasteiger partial charge < -0.3 is 10.1 Å². The Hall–Kier alpha value is -1.51. The van der Waals surface area contributed by atoms with E-state index < -0.39 is 0 Å². The maximum atomic E-state index is 12.1. The number of anilines is 1. The fraction of sp³-hybridized carbons (Fsp3) is 0.696.